The zero-order valence-corrected chi connectivity index (χ0v) is 18.5. The molecule has 0 saturated heterocycles. The van der Waals surface area contributed by atoms with E-state index in [0.717, 1.165) is 54.4 Å². The summed E-state index contributed by atoms with van der Waals surface area (Å²) in [5.41, 5.74) is 3.97. The van der Waals surface area contributed by atoms with Crippen molar-refractivity contribution in [2.24, 2.45) is 0 Å². The van der Waals surface area contributed by atoms with Gasteiger partial charge in [0.25, 0.3) is 5.91 Å². The van der Waals surface area contributed by atoms with Crippen LogP contribution in [0.2, 0.25) is 0 Å². The van der Waals surface area contributed by atoms with Crippen LogP contribution in [0.25, 0.3) is 11.1 Å². The number of amides is 1. The Kier molecular flexibility index (Phi) is 6.78. The lowest BCUT2D eigenvalue weighted by Gasteiger charge is -2.29. The van der Waals surface area contributed by atoms with Gasteiger partial charge < -0.3 is 10.1 Å². The van der Waals surface area contributed by atoms with Crippen molar-refractivity contribution in [3.05, 3.63) is 77.4 Å². The quantitative estimate of drug-likeness (QED) is 0.575. The van der Waals surface area contributed by atoms with E-state index in [1.165, 1.54) is 6.07 Å². The van der Waals surface area contributed by atoms with Crippen LogP contribution < -0.4 is 10.1 Å². The molecule has 0 bridgehead atoms. The Balaban J connectivity index is 1.31. The van der Waals surface area contributed by atoms with Crippen molar-refractivity contribution in [1.29, 1.82) is 0 Å². The van der Waals surface area contributed by atoms with E-state index in [2.05, 4.69) is 22.2 Å². The zero-order valence-electron chi connectivity index (χ0n) is 18.5. The fourth-order valence-electron chi connectivity index (χ4n) is 3.95. The molecule has 6 heteroatoms. The average molecular weight is 434 g/mol. The molecule has 166 valence electrons. The molecule has 1 aromatic heterocycles. The number of benzene rings is 2. The molecule has 1 heterocycles. The fraction of sp³-hybridized carbons (Fsp3) is 0.346. The van der Waals surface area contributed by atoms with Crippen LogP contribution in [0, 0.1) is 12.7 Å². The van der Waals surface area contributed by atoms with E-state index in [-0.39, 0.29) is 23.6 Å². The number of aromatic nitrogens is 2. The van der Waals surface area contributed by atoms with Crippen LogP contribution in [0.3, 0.4) is 0 Å². The minimum Gasteiger partial charge on any atom is -0.460 e. The van der Waals surface area contributed by atoms with E-state index in [9.17, 15) is 9.18 Å². The van der Waals surface area contributed by atoms with E-state index in [1.807, 2.05) is 31.2 Å². The van der Waals surface area contributed by atoms with E-state index in [0.29, 0.717) is 6.01 Å². The Morgan fingerprint density at radius 1 is 1.03 bits per heavy atom. The summed E-state index contributed by atoms with van der Waals surface area (Å²) in [6.07, 6.45) is 7.61. The maximum atomic E-state index is 14.7. The number of halogens is 1. The smallest absolute Gasteiger partial charge is 0.316 e. The first-order valence-electron chi connectivity index (χ1n) is 11.2. The zero-order chi connectivity index (χ0) is 22.5. The molecule has 0 aliphatic heterocycles. The third-order valence-electron chi connectivity index (χ3n) is 5.97. The van der Waals surface area contributed by atoms with Crippen molar-refractivity contribution < 1.29 is 13.9 Å². The van der Waals surface area contributed by atoms with Crippen molar-refractivity contribution in [2.45, 2.75) is 58.1 Å². The standard InChI is InChI=1S/C26H28FN3O2/c1-3-18-15-28-26(29-16-18)32-22-11-9-21(10-12-22)30-25(31)23-13-8-20(14-24(23)27)19-6-4-17(2)5-7-19/h4-8,13-16,21-22H,3,9-12H2,1-2H3,(H,30,31). The molecule has 4 rings (SSSR count). The Labute approximate surface area is 188 Å². The van der Waals surface area contributed by atoms with Crippen LogP contribution in [0.1, 0.15) is 54.1 Å². The second-order valence-corrected chi connectivity index (χ2v) is 8.35. The maximum Gasteiger partial charge on any atom is 0.316 e. The number of hydrogen-bond donors (Lipinski definition) is 1. The van der Waals surface area contributed by atoms with Crippen molar-refractivity contribution in [1.82, 2.24) is 15.3 Å². The highest BCUT2D eigenvalue weighted by Gasteiger charge is 2.25. The van der Waals surface area contributed by atoms with Crippen molar-refractivity contribution in [2.75, 3.05) is 0 Å². The summed E-state index contributed by atoms with van der Waals surface area (Å²) in [4.78, 5) is 21.2. The van der Waals surface area contributed by atoms with E-state index >= 15 is 0 Å². The molecule has 1 saturated carbocycles. The predicted molar refractivity (Wildman–Crippen MR) is 122 cm³/mol. The van der Waals surface area contributed by atoms with Crippen LogP contribution in [-0.4, -0.2) is 28.0 Å². The lowest BCUT2D eigenvalue weighted by molar-refractivity contribution is 0.0881. The number of nitrogens with zero attached hydrogens (tertiary/aromatic N) is 2. The van der Waals surface area contributed by atoms with Gasteiger partial charge in [-0.15, -0.1) is 0 Å². The topological polar surface area (TPSA) is 64.1 Å². The number of ether oxygens (including phenoxy) is 1. The Bertz CT molecular complexity index is 1060. The van der Waals surface area contributed by atoms with Crippen molar-refractivity contribution >= 4 is 5.91 Å². The highest BCUT2D eigenvalue weighted by Crippen LogP contribution is 2.25. The van der Waals surface area contributed by atoms with E-state index < -0.39 is 5.82 Å². The molecule has 1 aliphatic rings. The highest BCUT2D eigenvalue weighted by molar-refractivity contribution is 5.95. The minimum absolute atomic E-state index is 0.00177. The summed E-state index contributed by atoms with van der Waals surface area (Å²) in [6, 6.07) is 13.0. The first-order chi connectivity index (χ1) is 15.5. The summed E-state index contributed by atoms with van der Waals surface area (Å²) in [5.74, 6) is -0.883. The van der Waals surface area contributed by atoms with Gasteiger partial charge in [0.05, 0.1) is 5.56 Å². The molecule has 0 radical (unpaired) electrons. The summed E-state index contributed by atoms with van der Waals surface area (Å²) < 4.78 is 20.6. The largest absolute Gasteiger partial charge is 0.460 e. The van der Waals surface area contributed by atoms with Crippen LogP contribution in [0.4, 0.5) is 4.39 Å². The normalized spacial score (nSPS) is 18.2. The van der Waals surface area contributed by atoms with Crippen LogP contribution in [-0.2, 0) is 6.42 Å². The molecule has 3 aromatic rings. The first-order valence-corrected chi connectivity index (χ1v) is 11.2. The van der Waals surface area contributed by atoms with Gasteiger partial charge in [-0.3, -0.25) is 4.79 Å². The van der Waals surface area contributed by atoms with Gasteiger partial charge in [-0.25, -0.2) is 14.4 Å². The van der Waals surface area contributed by atoms with Gasteiger partial charge in [-0.05, 0) is 67.9 Å². The average Bonchev–Trinajstić information content (AvgIpc) is 2.81. The van der Waals surface area contributed by atoms with Gasteiger partial charge in [0.2, 0.25) is 0 Å². The molecular formula is C26H28FN3O2. The van der Waals surface area contributed by atoms with Crippen LogP contribution >= 0.6 is 0 Å². The van der Waals surface area contributed by atoms with Crippen molar-refractivity contribution in [3.63, 3.8) is 0 Å². The molecule has 1 amide bonds. The molecule has 5 nitrogen and oxygen atoms in total. The summed E-state index contributed by atoms with van der Waals surface area (Å²) >= 11 is 0. The van der Waals surface area contributed by atoms with Crippen molar-refractivity contribution in [3.8, 4) is 17.1 Å². The summed E-state index contributed by atoms with van der Waals surface area (Å²) in [5, 5.41) is 2.98. The monoisotopic (exact) mass is 433 g/mol. The SMILES string of the molecule is CCc1cnc(OC2CCC(NC(=O)c3ccc(-c4ccc(C)cc4)cc3F)CC2)nc1. The summed E-state index contributed by atoms with van der Waals surface area (Å²) in [6.45, 7) is 4.06. The molecule has 2 aromatic carbocycles. The third-order valence-corrected chi connectivity index (χ3v) is 5.97. The molecular weight excluding hydrogens is 405 g/mol. The van der Waals surface area contributed by atoms with Gasteiger partial charge in [0.15, 0.2) is 0 Å². The molecule has 1 aliphatic carbocycles. The number of rotatable bonds is 6. The highest BCUT2D eigenvalue weighted by atomic mass is 19.1. The number of aryl methyl sites for hydroxylation is 2. The number of carbonyl (C=O) groups excluding carboxylic acids is 1. The number of hydrogen-bond acceptors (Lipinski definition) is 4. The van der Waals surface area contributed by atoms with E-state index in [1.54, 1.807) is 24.5 Å². The van der Waals surface area contributed by atoms with Gasteiger partial charge in [0.1, 0.15) is 11.9 Å². The predicted octanol–water partition coefficient (Wildman–Crippen LogP) is 5.27. The van der Waals surface area contributed by atoms with Gasteiger partial charge >= 0.3 is 6.01 Å². The Morgan fingerprint density at radius 2 is 1.69 bits per heavy atom. The van der Waals surface area contributed by atoms with Gasteiger partial charge in [-0.2, -0.15) is 0 Å². The lowest BCUT2D eigenvalue weighted by atomic mass is 9.92. The van der Waals surface area contributed by atoms with Crippen LogP contribution in [0.15, 0.2) is 54.9 Å². The lowest BCUT2D eigenvalue weighted by Crippen LogP contribution is -2.40. The molecule has 32 heavy (non-hydrogen) atoms. The minimum atomic E-state index is -0.509. The van der Waals surface area contributed by atoms with Gasteiger partial charge in [0, 0.05) is 18.4 Å². The number of nitrogens with one attached hydrogen (secondary N) is 1. The molecule has 1 N–H and O–H groups in total. The molecule has 1 fully saturated rings. The Hall–Kier alpha value is -3.28. The Morgan fingerprint density at radius 3 is 2.31 bits per heavy atom. The fourth-order valence-corrected chi connectivity index (χ4v) is 3.95. The van der Waals surface area contributed by atoms with E-state index in [4.69, 9.17) is 4.74 Å². The second-order valence-electron chi connectivity index (χ2n) is 8.35. The third kappa shape index (κ3) is 5.31. The second kappa shape index (κ2) is 9.90. The van der Waals surface area contributed by atoms with Gasteiger partial charge in [-0.1, -0.05) is 42.8 Å². The molecule has 0 atom stereocenters. The summed E-state index contributed by atoms with van der Waals surface area (Å²) in [7, 11) is 0. The first kappa shape index (κ1) is 21.9. The van der Waals surface area contributed by atoms with Crippen LogP contribution in [0.5, 0.6) is 6.01 Å². The molecule has 0 unspecified atom stereocenters. The molecule has 0 spiro atoms. The maximum absolute atomic E-state index is 14.7. The number of carbonyl (C=O) groups is 1.